The molecule has 3 unspecified atom stereocenters. The van der Waals surface area contributed by atoms with Crippen LogP contribution in [0, 0.1) is 11.8 Å². The highest BCUT2D eigenvalue weighted by molar-refractivity contribution is 6.05. The molecule has 142 valence electrons. The molecule has 0 aromatic heterocycles. The van der Waals surface area contributed by atoms with Gasteiger partial charge in [0.15, 0.2) is 0 Å². The fourth-order valence-corrected chi connectivity index (χ4v) is 4.14. The van der Waals surface area contributed by atoms with E-state index in [0.29, 0.717) is 23.0 Å². The maximum atomic E-state index is 12.7. The molecule has 1 saturated heterocycles. The molecule has 2 aromatic rings. The molecule has 1 aliphatic heterocycles. The first kappa shape index (κ1) is 19.4. The van der Waals surface area contributed by atoms with Gasteiger partial charge in [-0.2, -0.15) is 0 Å². The molecule has 2 amide bonds. The van der Waals surface area contributed by atoms with Gasteiger partial charge in [0.2, 0.25) is 0 Å². The summed E-state index contributed by atoms with van der Waals surface area (Å²) in [6.07, 6.45) is 2.19. The summed E-state index contributed by atoms with van der Waals surface area (Å²) >= 11 is 0. The van der Waals surface area contributed by atoms with Gasteiger partial charge >= 0.3 is 0 Å². The number of para-hydroxylation sites is 1. The lowest BCUT2D eigenvalue weighted by atomic mass is 9.98. The van der Waals surface area contributed by atoms with E-state index in [9.17, 15) is 9.59 Å². The first-order chi connectivity index (χ1) is 12.6. The third kappa shape index (κ3) is 3.99. The highest BCUT2D eigenvalue weighted by Gasteiger charge is 2.42. The number of hydrogen-bond acceptors (Lipinski definition) is 3. The Balaban J connectivity index is 0.00000210. The second-order valence-electron chi connectivity index (χ2n) is 7.27. The Kier molecular flexibility index (Phi) is 5.82. The largest absolute Gasteiger partial charge is 0.338 e. The molecule has 6 heteroatoms. The normalized spacial score (nSPS) is 23.4. The van der Waals surface area contributed by atoms with Gasteiger partial charge in [0.25, 0.3) is 11.8 Å². The van der Waals surface area contributed by atoms with E-state index in [-0.39, 0.29) is 30.3 Å². The third-order valence-corrected chi connectivity index (χ3v) is 5.63. The Morgan fingerprint density at radius 2 is 1.59 bits per heavy atom. The van der Waals surface area contributed by atoms with Gasteiger partial charge in [-0.25, -0.2) is 0 Å². The van der Waals surface area contributed by atoms with Crippen molar-refractivity contribution in [3.05, 3.63) is 65.7 Å². The Bertz CT molecular complexity index is 810. The average Bonchev–Trinajstić information content (AvgIpc) is 3.24. The molecule has 2 aromatic carbocycles. The molecule has 0 spiro atoms. The highest BCUT2D eigenvalue weighted by Crippen LogP contribution is 2.37. The van der Waals surface area contributed by atoms with Crippen molar-refractivity contribution in [2.24, 2.45) is 17.6 Å². The lowest BCUT2D eigenvalue weighted by Gasteiger charge is -2.19. The van der Waals surface area contributed by atoms with E-state index in [2.05, 4.69) is 5.32 Å². The van der Waals surface area contributed by atoms with E-state index < -0.39 is 0 Å². The van der Waals surface area contributed by atoms with Crippen molar-refractivity contribution in [2.75, 3.05) is 18.4 Å². The number of nitrogens with two attached hydrogens (primary N) is 1. The Hall–Kier alpha value is -2.37. The van der Waals surface area contributed by atoms with Crippen LogP contribution in [-0.4, -0.2) is 35.8 Å². The van der Waals surface area contributed by atoms with E-state index >= 15 is 0 Å². The quantitative estimate of drug-likeness (QED) is 0.852. The summed E-state index contributed by atoms with van der Waals surface area (Å²) in [6.45, 7) is 1.55. The number of rotatable bonds is 3. The Labute approximate surface area is 165 Å². The number of likely N-dealkylation sites (tertiary alicyclic amines) is 1. The van der Waals surface area contributed by atoms with Crippen molar-refractivity contribution in [3.8, 4) is 0 Å². The molecule has 2 aliphatic rings. The molecule has 0 radical (unpaired) electrons. The molecule has 1 heterocycles. The fourth-order valence-electron chi connectivity index (χ4n) is 4.14. The molecule has 27 heavy (non-hydrogen) atoms. The summed E-state index contributed by atoms with van der Waals surface area (Å²) < 4.78 is 0. The number of anilines is 1. The van der Waals surface area contributed by atoms with Gasteiger partial charge in [0.05, 0.1) is 0 Å². The molecule has 1 saturated carbocycles. The molecule has 3 atom stereocenters. The first-order valence-corrected chi connectivity index (χ1v) is 9.13. The van der Waals surface area contributed by atoms with Crippen molar-refractivity contribution < 1.29 is 9.59 Å². The van der Waals surface area contributed by atoms with Crippen molar-refractivity contribution in [2.45, 2.75) is 18.9 Å². The van der Waals surface area contributed by atoms with Gasteiger partial charge in [-0.05, 0) is 61.1 Å². The molecular weight excluding hydrogens is 362 g/mol. The lowest BCUT2D eigenvalue weighted by Crippen LogP contribution is -2.33. The molecule has 0 bridgehead atoms. The van der Waals surface area contributed by atoms with E-state index in [1.54, 1.807) is 24.3 Å². The molecular formula is C21H24ClN3O2. The van der Waals surface area contributed by atoms with E-state index in [0.717, 1.165) is 31.6 Å². The van der Waals surface area contributed by atoms with Crippen LogP contribution < -0.4 is 11.1 Å². The number of benzene rings is 2. The smallest absolute Gasteiger partial charge is 0.255 e. The number of carbonyl (C=O) groups excluding carboxylic acids is 2. The second-order valence-corrected chi connectivity index (χ2v) is 7.27. The first-order valence-electron chi connectivity index (χ1n) is 9.13. The van der Waals surface area contributed by atoms with Crippen LogP contribution in [0.3, 0.4) is 0 Å². The van der Waals surface area contributed by atoms with Gasteiger partial charge in [0, 0.05) is 35.9 Å². The van der Waals surface area contributed by atoms with Gasteiger partial charge in [0.1, 0.15) is 0 Å². The Morgan fingerprint density at radius 1 is 0.926 bits per heavy atom. The fraction of sp³-hybridized carbons (Fsp3) is 0.333. The molecule has 1 aliphatic carbocycles. The maximum absolute atomic E-state index is 12.7. The maximum Gasteiger partial charge on any atom is 0.255 e. The minimum Gasteiger partial charge on any atom is -0.338 e. The van der Waals surface area contributed by atoms with Crippen LogP contribution in [0.4, 0.5) is 5.69 Å². The van der Waals surface area contributed by atoms with Crippen LogP contribution in [0.5, 0.6) is 0 Å². The van der Waals surface area contributed by atoms with Gasteiger partial charge in [-0.3, -0.25) is 9.59 Å². The van der Waals surface area contributed by atoms with Crippen LogP contribution in [0.2, 0.25) is 0 Å². The predicted molar refractivity (Wildman–Crippen MR) is 108 cm³/mol. The van der Waals surface area contributed by atoms with Crippen LogP contribution in [0.1, 0.15) is 33.6 Å². The average molecular weight is 386 g/mol. The zero-order valence-electron chi connectivity index (χ0n) is 15.0. The summed E-state index contributed by atoms with van der Waals surface area (Å²) in [5.41, 5.74) is 8.06. The summed E-state index contributed by atoms with van der Waals surface area (Å²) in [6, 6.07) is 16.4. The van der Waals surface area contributed by atoms with Crippen LogP contribution in [0.15, 0.2) is 54.6 Å². The summed E-state index contributed by atoms with van der Waals surface area (Å²) in [7, 11) is 0. The number of halogens is 1. The number of amides is 2. The minimum atomic E-state index is -0.183. The molecule has 3 N–H and O–H groups in total. The molecule has 2 fully saturated rings. The summed E-state index contributed by atoms with van der Waals surface area (Å²) in [5.74, 6) is 0.832. The monoisotopic (exact) mass is 385 g/mol. The number of fused-ring (bicyclic) bond motifs is 1. The van der Waals surface area contributed by atoms with E-state index in [1.165, 1.54) is 0 Å². The van der Waals surface area contributed by atoms with Crippen LogP contribution in [0.25, 0.3) is 0 Å². The van der Waals surface area contributed by atoms with Crippen LogP contribution >= 0.6 is 12.4 Å². The van der Waals surface area contributed by atoms with E-state index in [1.807, 2.05) is 35.2 Å². The van der Waals surface area contributed by atoms with Gasteiger partial charge in [-0.1, -0.05) is 18.2 Å². The molecule has 5 nitrogen and oxygen atoms in total. The zero-order valence-corrected chi connectivity index (χ0v) is 15.8. The van der Waals surface area contributed by atoms with Gasteiger partial charge < -0.3 is 16.0 Å². The topological polar surface area (TPSA) is 75.4 Å². The van der Waals surface area contributed by atoms with Crippen molar-refractivity contribution >= 4 is 29.9 Å². The Morgan fingerprint density at radius 3 is 2.26 bits per heavy atom. The highest BCUT2D eigenvalue weighted by atomic mass is 35.5. The summed E-state index contributed by atoms with van der Waals surface area (Å²) in [4.78, 5) is 27.0. The van der Waals surface area contributed by atoms with E-state index in [4.69, 9.17) is 5.73 Å². The van der Waals surface area contributed by atoms with Crippen LogP contribution in [-0.2, 0) is 0 Å². The second kappa shape index (κ2) is 8.11. The minimum absolute atomic E-state index is 0. The number of hydrogen-bond donors (Lipinski definition) is 2. The standard InChI is InChI=1S/C21H23N3O2.ClH/c22-19-11-10-16-12-24(13-18(16)19)21(26)15-8-6-14(7-9-15)20(25)23-17-4-2-1-3-5-17;/h1-9,16,18-19H,10-13,22H2,(H,23,25);1H. The van der Waals surface area contributed by atoms with Crippen molar-refractivity contribution in [1.82, 2.24) is 4.90 Å². The van der Waals surface area contributed by atoms with Crippen molar-refractivity contribution in [3.63, 3.8) is 0 Å². The predicted octanol–water partition coefficient (Wildman–Crippen LogP) is 3.17. The third-order valence-electron chi connectivity index (χ3n) is 5.63. The summed E-state index contributed by atoms with van der Waals surface area (Å²) in [5, 5.41) is 2.85. The number of carbonyl (C=O) groups is 2. The number of nitrogens with one attached hydrogen (secondary N) is 1. The lowest BCUT2D eigenvalue weighted by molar-refractivity contribution is 0.0779. The van der Waals surface area contributed by atoms with Crippen molar-refractivity contribution in [1.29, 1.82) is 0 Å². The zero-order chi connectivity index (χ0) is 18.1. The number of nitrogens with zero attached hydrogens (tertiary/aromatic N) is 1. The van der Waals surface area contributed by atoms with Gasteiger partial charge in [-0.15, -0.1) is 12.4 Å². The SMILES string of the molecule is Cl.NC1CCC2CN(C(=O)c3ccc(C(=O)Nc4ccccc4)cc3)CC12. The molecule has 4 rings (SSSR count).